The molecule has 1 atom stereocenters. The van der Waals surface area contributed by atoms with Crippen LogP contribution in [-0.4, -0.2) is 11.0 Å². The van der Waals surface area contributed by atoms with Crippen molar-refractivity contribution in [3.05, 3.63) is 64.7 Å². The van der Waals surface area contributed by atoms with Gasteiger partial charge in [-0.15, -0.1) is 0 Å². The van der Waals surface area contributed by atoms with E-state index in [9.17, 15) is 9.90 Å². The summed E-state index contributed by atoms with van der Waals surface area (Å²) in [7, 11) is 0. The number of hydrogen-bond acceptors (Lipinski definition) is 2. The smallest absolute Gasteiger partial charge is 0.224 e. The first-order valence-corrected chi connectivity index (χ1v) is 7.25. The molecule has 0 aliphatic rings. The molecule has 0 spiro atoms. The molecule has 3 nitrogen and oxygen atoms in total. The largest absolute Gasteiger partial charge is 0.389 e. The molecular weight excluding hydrogens is 286 g/mol. The number of aliphatic hydroxyl groups excluding tert-OH is 1. The molecule has 0 bridgehead atoms. The molecule has 2 N–H and O–H groups in total. The molecule has 1 amide bonds. The van der Waals surface area contributed by atoms with Gasteiger partial charge >= 0.3 is 0 Å². The van der Waals surface area contributed by atoms with Gasteiger partial charge in [0.2, 0.25) is 5.91 Å². The van der Waals surface area contributed by atoms with Gasteiger partial charge in [-0.25, -0.2) is 0 Å². The number of hydrogen-bond donors (Lipinski definition) is 2. The highest BCUT2D eigenvalue weighted by Crippen LogP contribution is 2.22. The topological polar surface area (TPSA) is 49.3 Å². The molecular formula is C17H18ClNO2. The van der Waals surface area contributed by atoms with Gasteiger partial charge in [0.15, 0.2) is 0 Å². The number of aryl methyl sites for hydroxylation is 1. The Balaban J connectivity index is 1.94. The lowest BCUT2D eigenvalue weighted by molar-refractivity contribution is -0.116. The van der Waals surface area contributed by atoms with Crippen LogP contribution in [0.4, 0.5) is 5.69 Å². The van der Waals surface area contributed by atoms with E-state index in [1.165, 1.54) is 0 Å². The molecule has 21 heavy (non-hydrogen) atoms. The van der Waals surface area contributed by atoms with Gasteiger partial charge in [0.1, 0.15) is 0 Å². The predicted molar refractivity (Wildman–Crippen MR) is 85.5 cm³/mol. The molecule has 110 valence electrons. The summed E-state index contributed by atoms with van der Waals surface area (Å²) in [6.07, 6.45) is 0.424. The average molecular weight is 304 g/mol. The normalized spacial score (nSPS) is 12.0. The van der Waals surface area contributed by atoms with Crippen LogP contribution >= 0.6 is 11.6 Å². The van der Waals surface area contributed by atoms with Crippen LogP contribution < -0.4 is 5.32 Å². The zero-order valence-electron chi connectivity index (χ0n) is 11.8. The Morgan fingerprint density at radius 1 is 1.19 bits per heavy atom. The van der Waals surface area contributed by atoms with Crippen molar-refractivity contribution < 1.29 is 9.90 Å². The minimum atomic E-state index is -0.613. The molecule has 0 radical (unpaired) electrons. The second-order valence-electron chi connectivity index (χ2n) is 4.94. The van der Waals surface area contributed by atoms with E-state index in [1.54, 1.807) is 19.1 Å². The van der Waals surface area contributed by atoms with Crippen LogP contribution in [0, 0.1) is 0 Å². The number of benzene rings is 2. The van der Waals surface area contributed by atoms with Crippen molar-refractivity contribution >= 4 is 23.2 Å². The molecule has 2 aromatic carbocycles. The minimum Gasteiger partial charge on any atom is -0.389 e. The van der Waals surface area contributed by atoms with Crippen LogP contribution in [0.15, 0.2) is 48.5 Å². The third-order valence-electron chi connectivity index (χ3n) is 3.24. The summed E-state index contributed by atoms with van der Waals surface area (Å²) in [5.41, 5.74) is 2.45. The van der Waals surface area contributed by atoms with Gasteiger partial charge in [-0.05, 0) is 37.1 Å². The van der Waals surface area contributed by atoms with Gasteiger partial charge < -0.3 is 10.4 Å². The van der Waals surface area contributed by atoms with Gasteiger partial charge in [0.05, 0.1) is 6.10 Å². The fourth-order valence-electron chi connectivity index (χ4n) is 2.10. The average Bonchev–Trinajstić information content (AvgIpc) is 2.47. The number of carbonyl (C=O) groups excluding carboxylic acids is 1. The second-order valence-corrected chi connectivity index (χ2v) is 5.37. The first-order valence-electron chi connectivity index (χ1n) is 6.87. The monoisotopic (exact) mass is 303 g/mol. The summed E-state index contributed by atoms with van der Waals surface area (Å²) >= 11 is 5.83. The van der Waals surface area contributed by atoms with E-state index in [0.29, 0.717) is 23.6 Å². The van der Waals surface area contributed by atoms with E-state index in [2.05, 4.69) is 5.32 Å². The van der Waals surface area contributed by atoms with Crippen LogP contribution in [0.2, 0.25) is 5.02 Å². The van der Waals surface area contributed by atoms with Gasteiger partial charge in [-0.3, -0.25) is 4.79 Å². The van der Waals surface area contributed by atoms with Crippen molar-refractivity contribution in [1.29, 1.82) is 0 Å². The number of anilines is 1. The highest BCUT2D eigenvalue weighted by atomic mass is 35.5. The molecule has 0 heterocycles. The van der Waals surface area contributed by atoms with E-state index in [1.807, 2.05) is 36.4 Å². The second kappa shape index (κ2) is 7.25. The van der Waals surface area contributed by atoms with Gasteiger partial charge in [-0.2, -0.15) is 0 Å². The molecule has 4 heteroatoms. The van der Waals surface area contributed by atoms with Crippen molar-refractivity contribution in [1.82, 2.24) is 0 Å². The number of rotatable bonds is 5. The number of carbonyl (C=O) groups is 1. The third-order valence-corrected chi connectivity index (χ3v) is 3.49. The lowest BCUT2D eigenvalue weighted by Gasteiger charge is -2.13. The molecule has 0 aromatic heterocycles. The summed E-state index contributed by atoms with van der Waals surface area (Å²) in [6, 6.07) is 14.7. The third kappa shape index (κ3) is 4.59. The fraction of sp³-hybridized carbons (Fsp3) is 0.235. The number of halogens is 1. The summed E-state index contributed by atoms with van der Waals surface area (Å²) in [4.78, 5) is 12.0. The highest BCUT2D eigenvalue weighted by molar-refractivity contribution is 6.30. The van der Waals surface area contributed by atoms with Crippen LogP contribution in [0.3, 0.4) is 0 Å². The summed E-state index contributed by atoms with van der Waals surface area (Å²) in [5, 5.41) is 13.2. The first kappa shape index (κ1) is 15.5. The van der Waals surface area contributed by atoms with Crippen LogP contribution in [0.25, 0.3) is 0 Å². The molecule has 0 fully saturated rings. The van der Waals surface area contributed by atoms with Crippen molar-refractivity contribution in [2.45, 2.75) is 25.9 Å². The number of amides is 1. The maximum atomic E-state index is 12.0. The maximum Gasteiger partial charge on any atom is 0.224 e. The van der Waals surface area contributed by atoms with Gasteiger partial charge in [0.25, 0.3) is 0 Å². The molecule has 0 saturated carbocycles. The summed E-state index contributed by atoms with van der Waals surface area (Å²) in [6.45, 7) is 1.68. The van der Waals surface area contributed by atoms with Crippen LogP contribution in [0.5, 0.6) is 0 Å². The zero-order valence-corrected chi connectivity index (χ0v) is 12.6. The van der Waals surface area contributed by atoms with Crippen LogP contribution in [-0.2, 0) is 11.2 Å². The lowest BCUT2D eigenvalue weighted by atomic mass is 10.1. The van der Waals surface area contributed by atoms with Gasteiger partial charge in [0, 0.05) is 22.7 Å². The Kier molecular flexibility index (Phi) is 5.37. The zero-order chi connectivity index (χ0) is 15.2. The highest BCUT2D eigenvalue weighted by Gasteiger charge is 2.10. The number of para-hydroxylation sites is 1. The summed E-state index contributed by atoms with van der Waals surface area (Å²) < 4.78 is 0. The number of nitrogens with one attached hydrogen (secondary N) is 1. The standard InChI is InChI=1S/C17H18ClNO2/c1-12(20)15-4-2-3-5-16(15)19-17(21)11-8-13-6-9-14(18)10-7-13/h2-7,9-10,12,20H,8,11H2,1H3,(H,19,21). The fourth-order valence-corrected chi connectivity index (χ4v) is 2.22. The Bertz CT molecular complexity index is 608. The van der Waals surface area contributed by atoms with Gasteiger partial charge in [-0.1, -0.05) is 41.9 Å². The Labute approximate surface area is 129 Å². The van der Waals surface area contributed by atoms with Crippen LogP contribution in [0.1, 0.15) is 30.6 Å². The van der Waals surface area contributed by atoms with Crippen molar-refractivity contribution in [2.75, 3.05) is 5.32 Å². The van der Waals surface area contributed by atoms with E-state index < -0.39 is 6.10 Å². The molecule has 2 rings (SSSR count). The summed E-state index contributed by atoms with van der Waals surface area (Å²) in [5.74, 6) is -0.0712. The molecule has 0 aliphatic heterocycles. The van der Waals surface area contributed by atoms with E-state index >= 15 is 0 Å². The van der Waals surface area contributed by atoms with E-state index in [0.717, 1.165) is 11.1 Å². The Hall–Kier alpha value is -1.84. The molecule has 0 aliphatic carbocycles. The molecule has 2 aromatic rings. The quantitative estimate of drug-likeness (QED) is 0.878. The number of aliphatic hydroxyl groups is 1. The van der Waals surface area contributed by atoms with Crippen molar-refractivity contribution in [3.8, 4) is 0 Å². The minimum absolute atomic E-state index is 0.0712. The Morgan fingerprint density at radius 3 is 2.52 bits per heavy atom. The first-order chi connectivity index (χ1) is 10.1. The van der Waals surface area contributed by atoms with Crippen molar-refractivity contribution in [2.24, 2.45) is 0 Å². The predicted octanol–water partition coefficient (Wildman–Crippen LogP) is 3.96. The lowest BCUT2D eigenvalue weighted by Crippen LogP contribution is -2.14. The van der Waals surface area contributed by atoms with E-state index in [-0.39, 0.29) is 5.91 Å². The molecule has 0 saturated heterocycles. The Morgan fingerprint density at radius 2 is 1.86 bits per heavy atom. The van der Waals surface area contributed by atoms with Crippen molar-refractivity contribution in [3.63, 3.8) is 0 Å². The van der Waals surface area contributed by atoms with E-state index in [4.69, 9.17) is 11.6 Å². The SMILES string of the molecule is CC(O)c1ccccc1NC(=O)CCc1ccc(Cl)cc1. The maximum absolute atomic E-state index is 12.0. The molecule has 1 unspecified atom stereocenters.